The van der Waals surface area contributed by atoms with Gasteiger partial charge in [-0.1, -0.05) is 42.5 Å². The number of nitrogens with zero attached hydrogens (tertiary/aromatic N) is 3. The van der Waals surface area contributed by atoms with Crippen molar-refractivity contribution in [1.29, 1.82) is 0 Å². The van der Waals surface area contributed by atoms with Gasteiger partial charge in [0.2, 0.25) is 0 Å². The van der Waals surface area contributed by atoms with Crippen LogP contribution in [0.2, 0.25) is 0 Å². The number of rotatable bonds is 5. The summed E-state index contributed by atoms with van der Waals surface area (Å²) in [6, 6.07) is 17.6. The van der Waals surface area contributed by atoms with Gasteiger partial charge in [-0.2, -0.15) is 13.2 Å². The van der Waals surface area contributed by atoms with Crippen LogP contribution in [0.15, 0.2) is 72.9 Å². The third kappa shape index (κ3) is 5.36. The summed E-state index contributed by atoms with van der Waals surface area (Å²) in [6.07, 6.45) is -2.57. The molecule has 1 aromatic heterocycles. The molecule has 0 unspecified atom stereocenters. The Morgan fingerprint density at radius 3 is 2.38 bits per heavy atom. The number of amides is 2. The third-order valence-electron chi connectivity index (χ3n) is 5.58. The van der Waals surface area contributed by atoms with E-state index in [9.17, 15) is 22.8 Å². The Morgan fingerprint density at radius 2 is 1.68 bits per heavy atom. The van der Waals surface area contributed by atoms with Gasteiger partial charge < -0.3 is 15.1 Å². The molecule has 6 nitrogen and oxygen atoms in total. The molecule has 0 aliphatic carbocycles. The van der Waals surface area contributed by atoms with Gasteiger partial charge in [0.15, 0.2) is 0 Å². The monoisotopic (exact) mass is 468 g/mol. The van der Waals surface area contributed by atoms with Crippen LogP contribution in [0.5, 0.6) is 0 Å². The Balaban J connectivity index is 1.41. The maximum absolute atomic E-state index is 13.3. The van der Waals surface area contributed by atoms with Gasteiger partial charge in [-0.05, 0) is 36.2 Å². The summed E-state index contributed by atoms with van der Waals surface area (Å²) in [4.78, 5) is 32.9. The molecular weight excluding hydrogens is 445 g/mol. The maximum atomic E-state index is 13.3. The molecule has 2 aromatic carbocycles. The molecule has 3 aromatic rings. The number of benzene rings is 2. The molecule has 0 radical (unpaired) electrons. The van der Waals surface area contributed by atoms with E-state index in [2.05, 4.69) is 10.3 Å². The zero-order valence-electron chi connectivity index (χ0n) is 18.3. The lowest BCUT2D eigenvalue weighted by molar-refractivity contribution is -0.138. The first kappa shape index (κ1) is 23.3. The van der Waals surface area contributed by atoms with Crippen molar-refractivity contribution in [3.05, 3.63) is 95.2 Å². The molecule has 1 N–H and O–H groups in total. The maximum Gasteiger partial charge on any atom is 0.417 e. The Kier molecular flexibility index (Phi) is 6.81. The van der Waals surface area contributed by atoms with Crippen molar-refractivity contribution < 1.29 is 22.8 Å². The van der Waals surface area contributed by atoms with Crippen LogP contribution in [-0.4, -0.2) is 41.5 Å². The molecule has 0 spiro atoms. The molecule has 34 heavy (non-hydrogen) atoms. The molecule has 0 bridgehead atoms. The lowest BCUT2D eigenvalue weighted by Crippen LogP contribution is -2.48. The molecule has 176 valence electrons. The first-order valence-electron chi connectivity index (χ1n) is 10.8. The number of carbonyl (C=O) groups excluding carboxylic acids is 2. The van der Waals surface area contributed by atoms with E-state index in [0.717, 1.165) is 11.6 Å². The Bertz CT molecular complexity index is 1150. The molecule has 0 atom stereocenters. The van der Waals surface area contributed by atoms with Gasteiger partial charge in [0.25, 0.3) is 11.8 Å². The lowest BCUT2D eigenvalue weighted by atomic mass is 10.1. The van der Waals surface area contributed by atoms with Crippen molar-refractivity contribution in [3.8, 4) is 0 Å². The van der Waals surface area contributed by atoms with Crippen LogP contribution in [-0.2, 0) is 12.7 Å². The van der Waals surface area contributed by atoms with E-state index >= 15 is 0 Å². The zero-order valence-corrected chi connectivity index (χ0v) is 18.3. The van der Waals surface area contributed by atoms with E-state index in [4.69, 9.17) is 0 Å². The first-order chi connectivity index (χ1) is 16.3. The van der Waals surface area contributed by atoms with Crippen molar-refractivity contribution in [2.24, 2.45) is 0 Å². The largest absolute Gasteiger partial charge is 0.417 e. The van der Waals surface area contributed by atoms with E-state index in [-0.39, 0.29) is 18.1 Å². The molecule has 1 saturated heterocycles. The number of carbonyl (C=O) groups is 2. The fourth-order valence-corrected chi connectivity index (χ4v) is 3.83. The second kappa shape index (κ2) is 9.94. The fourth-order valence-electron chi connectivity index (χ4n) is 3.83. The number of hydrogen-bond donors (Lipinski definition) is 1. The third-order valence-corrected chi connectivity index (χ3v) is 5.58. The molecule has 2 heterocycles. The normalized spacial score (nSPS) is 14.1. The van der Waals surface area contributed by atoms with Crippen LogP contribution in [0.4, 0.5) is 19.0 Å². The summed E-state index contributed by atoms with van der Waals surface area (Å²) in [5.41, 5.74) is 0.0608. The Hall–Kier alpha value is -3.88. The molecular formula is C25H23F3N4O2. The van der Waals surface area contributed by atoms with Crippen LogP contribution >= 0.6 is 0 Å². The molecule has 1 fully saturated rings. The van der Waals surface area contributed by atoms with Crippen molar-refractivity contribution in [1.82, 2.24) is 15.2 Å². The highest BCUT2D eigenvalue weighted by Gasteiger charge is 2.36. The highest BCUT2D eigenvalue weighted by Crippen LogP contribution is 2.32. The van der Waals surface area contributed by atoms with E-state index in [0.29, 0.717) is 37.4 Å². The van der Waals surface area contributed by atoms with Gasteiger partial charge in [-0.25, -0.2) is 4.98 Å². The summed E-state index contributed by atoms with van der Waals surface area (Å²) in [7, 11) is 0. The van der Waals surface area contributed by atoms with Gasteiger partial charge in [0.1, 0.15) is 5.82 Å². The topological polar surface area (TPSA) is 65.5 Å². The quantitative estimate of drug-likeness (QED) is 0.605. The average Bonchev–Trinajstić information content (AvgIpc) is 2.87. The SMILES string of the molecule is O=C(NCc1ccccc1)c1ccc(N2CCCN(C(=O)c3ccccc3C(F)(F)F)C2)nc1. The fraction of sp³-hybridized carbons (Fsp3) is 0.240. The highest BCUT2D eigenvalue weighted by atomic mass is 19.4. The standard InChI is InChI=1S/C25H23F3N4O2/c26-25(27,28)21-10-5-4-9-20(21)24(34)32-14-6-13-31(17-32)22-12-11-19(16-29-22)23(33)30-15-18-7-2-1-3-8-18/h1-5,7-12,16H,6,13-15,17H2,(H,30,33). The van der Waals surface area contributed by atoms with Gasteiger partial charge in [-0.3, -0.25) is 9.59 Å². The van der Waals surface area contributed by atoms with E-state index in [1.165, 1.54) is 29.3 Å². The predicted octanol–water partition coefficient (Wildman–Crippen LogP) is 4.34. The molecule has 4 rings (SSSR count). The van der Waals surface area contributed by atoms with Gasteiger partial charge in [-0.15, -0.1) is 0 Å². The van der Waals surface area contributed by atoms with Gasteiger partial charge >= 0.3 is 6.18 Å². The molecule has 0 saturated carbocycles. The minimum Gasteiger partial charge on any atom is -0.348 e. The number of alkyl halides is 3. The Morgan fingerprint density at radius 1 is 0.941 bits per heavy atom. The number of hydrogen-bond acceptors (Lipinski definition) is 4. The van der Waals surface area contributed by atoms with Gasteiger partial charge in [0.05, 0.1) is 23.4 Å². The number of aromatic nitrogens is 1. The summed E-state index contributed by atoms with van der Waals surface area (Å²) in [6.45, 7) is 1.44. The summed E-state index contributed by atoms with van der Waals surface area (Å²) >= 11 is 0. The average molecular weight is 468 g/mol. The summed E-state index contributed by atoms with van der Waals surface area (Å²) < 4.78 is 40.0. The molecule has 1 aliphatic heterocycles. The van der Waals surface area contributed by atoms with Crippen molar-refractivity contribution in [2.75, 3.05) is 24.7 Å². The molecule has 9 heteroatoms. The Labute approximate surface area is 195 Å². The van der Waals surface area contributed by atoms with Crippen molar-refractivity contribution in [2.45, 2.75) is 19.1 Å². The number of halogens is 3. The number of pyridine rings is 1. The number of nitrogens with one attached hydrogen (secondary N) is 1. The van der Waals surface area contributed by atoms with Crippen molar-refractivity contribution >= 4 is 17.6 Å². The highest BCUT2D eigenvalue weighted by molar-refractivity contribution is 5.96. The molecule has 1 aliphatic rings. The smallest absolute Gasteiger partial charge is 0.348 e. The van der Waals surface area contributed by atoms with E-state index in [1.54, 1.807) is 12.1 Å². The van der Waals surface area contributed by atoms with Crippen LogP contribution in [0.3, 0.4) is 0 Å². The minimum absolute atomic E-state index is 0.109. The van der Waals surface area contributed by atoms with Crippen molar-refractivity contribution in [3.63, 3.8) is 0 Å². The summed E-state index contributed by atoms with van der Waals surface area (Å²) in [5.74, 6) is -0.391. The zero-order chi connectivity index (χ0) is 24.1. The van der Waals surface area contributed by atoms with Crippen LogP contribution in [0.25, 0.3) is 0 Å². The predicted molar refractivity (Wildman–Crippen MR) is 121 cm³/mol. The first-order valence-corrected chi connectivity index (χ1v) is 10.8. The second-order valence-electron chi connectivity index (χ2n) is 7.94. The second-order valence-corrected chi connectivity index (χ2v) is 7.94. The van der Waals surface area contributed by atoms with Crippen LogP contribution in [0.1, 0.15) is 38.3 Å². The number of anilines is 1. The lowest BCUT2D eigenvalue weighted by Gasteiger charge is -2.36. The van der Waals surface area contributed by atoms with Crippen LogP contribution in [0, 0.1) is 0 Å². The minimum atomic E-state index is -4.61. The van der Waals surface area contributed by atoms with Crippen LogP contribution < -0.4 is 10.2 Å². The molecule has 2 amide bonds. The van der Waals surface area contributed by atoms with Gasteiger partial charge in [0, 0.05) is 25.8 Å². The van der Waals surface area contributed by atoms with E-state index in [1.807, 2.05) is 35.2 Å². The van der Waals surface area contributed by atoms with E-state index < -0.39 is 17.6 Å². The summed E-state index contributed by atoms with van der Waals surface area (Å²) in [5, 5.41) is 2.83.